The van der Waals surface area contributed by atoms with Gasteiger partial charge in [-0.05, 0) is 61.9 Å². The second-order valence-electron chi connectivity index (χ2n) is 8.46. The predicted molar refractivity (Wildman–Crippen MR) is 127 cm³/mol. The van der Waals surface area contributed by atoms with Crippen molar-refractivity contribution in [3.05, 3.63) is 94.9 Å². The number of carbonyl (C=O) groups excluding carboxylic acids is 2. The molecule has 0 atom stereocenters. The van der Waals surface area contributed by atoms with Crippen LogP contribution in [0.15, 0.2) is 67.0 Å². The lowest BCUT2D eigenvalue weighted by atomic mass is 10.1. The lowest BCUT2D eigenvalue weighted by Crippen LogP contribution is -2.26. The smallest absolute Gasteiger partial charge is 0.254 e. The Morgan fingerprint density at radius 3 is 2.36 bits per heavy atom. The molecule has 3 heterocycles. The standard InChI is InChI=1S/C26H25N5O2/c1-17-6-11-24(18(2)14-17)31-25(29-12-4-5-13-29)22-15-30(16-23(22)28-31)26(33)20-7-9-21(10-8-20)27-19(3)32/h4-14H,15-16H2,1-3H3,(H,27,32). The lowest BCUT2D eigenvalue weighted by molar-refractivity contribution is -0.114. The van der Waals surface area contributed by atoms with E-state index in [1.165, 1.54) is 12.5 Å². The zero-order valence-corrected chi connectivity index (χ0v) is 18.9. The van der Waals surface area contributed by atoms with Crippen LogP contribution in [0.2, 0.25) is 0 Å². The highest BCUT2D eigenvalue weighted by Crippen LogP contribution is 2.32. The molecule has 0 saturated carbocycles. The molecule has 2 amide bonds. The summed E-state index contributed by atoms with van der Waals surface area (Å²) in [5.74, 6) is 0.759. The maximum atomic E-state index is 13.2. The van der Waals surface area contributed by atoms with Crippen LogP contribution in [0.5, 0.6) is 0 Å². The first-order chi connectivity index (χ1) is 15.9. The van der Waals surface area contributed by atoms with E-state index in [1.807, 2.05) is 34.1 Å². The number of aryl methyl sites for hydroxylation is 2. The summed E-state index contributed by atoms with van der Waals surface area (Å²) in [5.41, 5.74) is 6.60. The number of hydrogen-bond donors (Lipinski definition) is 1. The molecule has 7 nitrogen and oxygen atoms in total. The highest BCUT2D eigenvalue weighted by atomic mass is 16.2. The first-order valence-electron chi connectivity index (χ1n) is 10.9. The number of carbonyl (C=O) groups is 2. The van der Waals surface area contributed by atoms with E-state index in [1.54, 1.807) is 24.3 Å². The third kappa shape index (κ3) is 3.82. The Bertz CT molecular complexity index is 1350. The molecule has 0 radical (unpaired) electrons. The van der Waals surface area contributed by atoms with Gasteiger partial charge in [-0.15, -0.1) is 0 Å². The van der Waals surface area contributed by atoms with E-state index >= 15 is 0 Å². The molecule has 0 fully saturated rings. The van der Waals surface area contributed by atoms with E-state index in [9.17, 15) is 9.59 Å². The van der Waals surface area contributed by atoms with E-state index in [-0.39, 0.29) is 11.8 Å². The Morgan fingerprint density at radius 1 is 0.970 bits per heavy atom. The number of aromatic nitrogens is 3. The highest BCUT2D eigenvalue weighted by Gasteiger charge is 2.32. The zero-order valence-electron chi connectivity index (χ0n) is 18.9. The largest absolute Gasteiger partial charge is 0.328 e. The van der Waals surface area contributed by atoms with Crippen molar-refractivity contribution in [3.63, 3.8) is 0 Å². The number of hydrogen-bond acceptors (Lipinski definition) is 3. The van der Waals surface area contributed by atoms with E-state index in [0.717, 1.165) is 28.3 Å². The van der Waals surface area contributed by atoms with Gasteiger partial charge >= 0.3 is 0 Å². The molecular formula is C26H25N5O2. The monoisotopic (exact) mass is 439 g/mol. The highest BCUT2D eigenvalue weighted by molar-refractivity contribution is 5.95. The summed E-state index contributed by atoms with van der Waals surface area (Å²) in [6.45, 7) is 6.57. The van der Waals surface area contributed by atoms with Crippen LogP contribution < -0.4 is 5.32 Å². The van der Waals surface area contributed by atoms with Crippen molar-refractivity contribution in [2.45, 2.75) is 33.9 Å². The van der Waals surface area contributed by atoms with Gasteiger partial charge in [0.1, 0.15) is 5.82 Å². The summed E-state index contributed by atoms with van der Waals surface area (Å²) in [5, 5.41) is 7.66. The second kappa shape index (κ2) is 8.09. The van der Waals surface area contributed by atoms with Gasteiger partial charge < -0.3 is 14.8 Å². The molecule has 0 spiro atoms. The van der Waals surface area contributed by atoms with Gasteiger partial charge in [-0.2, -0.15) is 5.10 Å². The van der Waals surface area contributed by atoms with Crippen molar-refractivity contribution < 1.29 is 9.59 Å². The summed E-state index contributed by atoms with van der Waals surface area (Å²) in [4.78, 5) is 26.2. The minimum absolute atomic E-state index is 0.0566. The molecule has 0 saturated heterocycles. The number of nitrogens with zero attached hydrogens (tertiary/aromatic N) is 4. The quantitative estimate of drug-likeness (QED) is 0.513. The number of benzene rings is 2. The second-order valence-corrected chi connectivity index (χ2v) is 8.46. The number of amides is 2. The first-order valence-corrected chi connectivity index (χ1v) is 10.9. The molecular weight excluding hydrogens is 414 g/mol. The maximum Gasteiger partial charge on any atom is 0.254 e. The molecule has 1 aliphatic heterocycles. The fourth-order valence-corrected chi connectivity index (χ4v) is 4.38. The summed E-state index contributed by atoms with van der Waals surface area (Å²) in [6.07, 6.45) is 4.01. The summed E-state index contributed by atoms with van der Waals surface area (Å²) < 4.78 is 4.05. The van der Waals surface area contributed by atoms with E-state index in [2.05, 4.69) is 41.9 Å². The molecule has 0 unspecified atom stereocenters. The average molecular weight is 440 g/mol. The lowest BCUT2D eigenvalue weighted by Gasteiger charge is -2.18. The van der Waals surface area contributed by atoms with Gasteiger partial charge in [0, 0.05) is 36.1 Å². The van der Waals surface area contributed by atoms with E-state index < -0.39 is 0 Å². The van der Waals surface area contributed by atoms with Crippen LogP contribution in [-0.2, 0) is 17.9 Å². The molecule has 2 aromatic carbocycles. The average Bonchev–Trinajstić information content (AvgIpc) is 3.49. The molecule has 2 aromatic heterocycles. The topological polar surface area (TPSA) is 72.2 Å². The Hall–Kier alpha value is -4.13. The van der Waals surface area contributed by atoms with Gasteiger partial charge in [0.2, 0.25) is 5.91 Å². The molecule has 1 N–H and O–H groups in total. The zero-order chi connectivity index (χ0) is 23.1. The molecule has 4 aromatic rings. The molecule has 5 rings (SSSR count). The van der Waals surface area contributed by atoms with Gasteiger partial charge in [0.15, 0.2) is 0 Å². The molecule has 7 heteroatoms. The number of rotatable bonds is 4. The van der Waals surface area contributed by atoms with Crippen LogP contribution in [-0.4, -0.2) is 31.1 Å². The van der Waals surface area contributed by atoms with Crippen molar-refractivity contribution in [2.24, 2.45) is 0 Å². The van der Waals surface area contributed by atoms with Crippen LogP contribution >= 0.6 is 0 Å². The molecule has 0 bridgehead atoms. The van der Waals surface area contributed by atoms with Crippen molar-refractivity contribution in [2.75, 3.05) is 5.32 Å². The fourth-order valence-electron chi connectivity index (χ4n) is 4.38. The van der Waals surface area contributed by atoms with Crippen molar-refractivity contribution in [1.29, 1.82) is 0 Å². The summed E-state index contributed by atoms with van der Waals surface area (Å²) in [7, 11) is 0. The van der Waals surface area contributed by atoms with Gasteiger partial charge in [-0.1, -0.05) is 17.7 Å². The van der Waals surface area contributed by atoms with Crippen LogP contribution in [0, 0.1) is 13.8 Å². The van der Waals surface area contributed by atoms with E-state index in [4.69, 9.17) is 5.10 Å². The first kappa shape index (κ1) is 20.8. The number of nitrogens with one attached hydrogen (secondary N) is 1. The summed E-state index contributed by atoms with van der Waals surface area (Å²) in [6, 6.07) is 17.3. The van der Waals surface area contributed by atoms with Crippen molar-refractivity contribution in [3.8, 4) is 11.5 Å². The van der Waals surface area contributed by atoms with Gasteiger partial charge in [-0.25, -0.2) is 4.68 Å². The maximum absolute atomic E-state index is 13.2. The van der Waals surface area contributed by atoms with Crippen LogP contribution in [0.25, 0.3) is 11.5 Å². The third-order valence-electron chi connectivity index (χ3n) is 5.90. The molecule has 33 heavy (non-hydrogen) atoms. The minimum Gasteiger partial charge on any atom is -0.328 e. The van der Waals surface area contributed by atoms with E-state index in [0.29, 0.717) is 24.3 Å². The molecule has 166 valence electrons. The number of fused-ring (bicyclic) bond motifs is 1. The third-order valence-corrected chi connectivity index (χ3v) is 5.90. The Balaban J connectivity index is 1.47. The SMILES string of the molecule is CC(=O)Nc1ccc(C(=O)N2Cc3nn(-c4ccc(C)cc4C)c(-n4cccc4)c3C2)cc1. The fraction of sp³-hybridized carbons (Fsp3) is 0.192. The normalized spacial score (nSPS) is 12.6. The van der Waals surface area contributed by atoms with Crippen LogP contribution in [0.3, 0.4) is 0 Å². The Labute approximate surface area is 192 Å². The van der Waals surface area contributed by atoms with Crippen LogP contribution in [0.1, 0.15) is 39.7 Å². The summed E-state index contributed by atoms with van der Waals surface area (Å²) >= 11 is 0. The van der Waals surface area contributed by atoms with Crippen molar-refractivity contribution in [1.82, 2.24) is 19.2 Å². The Kier molecular flexibility index (Phi) is 5.09. The van der Waals surface area contributed by atoms with Gasteiger partial charge in [0.05, 0.1) is 24.5 Å². The van der Waals surface area contributed by atoms with Gasteiger partial charge in [0.25, 0.3) is 5.91 Å². The Morgan fingerprint density at radius 2 is 1.70 bits per heavy atom. The molecule has 0 aliphatic carbocycles. The molecule has 1 aliphatic rings. The predicted octanol–water partition coefficient (Wildman–Crippen LogP) is 4.39. The van der Waals surface area contributed by atoms with Crippen LogP contribution in [0.4, 0.5) is 5.69 Å². The van der Waals surface area contributed by atoms with Gasteiger partial charge in [-0.3, -0.25) is 9.59 Å². The minimum atomic E-state index is -0.141. The number of anilines is 1. The van der Waals surface area contributed by atoms with Crippen molar-refractivity contribution >= 4 is 17.5 Å².